The molecule has 0 radical (unpaired) electrons. The largest absolute Gasteiger partial charge is 0.355 e. The van der Waals surface area contributed by atoms with Gasteiger partial charge >= 0.3 is 0 Å². The first-order chi connectivity index (χ1) is 15.2. The van der Waals surface area contributed by atoms with Gasteiger partial charge in [0, 0.05) is 24.4 Å². The number of nitrogens with zero attached hydrogens (tertiary/aromatic N) is 4. The number of thiophene rings is 1. The number of nitrogens with one attached hydrogen (secondary N) is 2. The van der Waals surface area contributed by atoms with Crippen molar-refractivity contribution < 1.29 is 0 Å². The van der Waals surface area contributed by atoms with Crippen LogP contribution in [-0.4, -0.2) is 27.3 Å². The van der Waals surface area contributed by atoms with Gasteiger partial charge < -0.3 is 15.2 Å². The summed E-state index contributed by atoms with van der Waals surface area (Å²) in [5, 5.41) is 19.8. The lowest BCUT2D eigenvalue weighted by Crippen LogP contribution is -2.40. The molecule has 31 heavy (non-hydrogen) atoms. The second-order valence-corrected chi connectivity index (χ2v) is 8.47. The van der Waals surface area contributed by atoms with E-state index in [0.29, 0.717) is 6.54 Å². The van der Waals surface area contributed by atoms with Gasteiger partial charge in [-0.1, -0.05) is 49.4 Å². The van der Waals surface area contributed by atoms with Crippen LogP contribution < -0.4 is 10.6 Å². The van der Waals surface area contributed by atoms with Gasteiger partial charge in [-0.3, -0.25) is 0 Å². The van der Waals surface area contributed by atoms with Crippen molar-refractivity contribution in [3.63, 3.8) is 0 Å². The minimum Gasteiger partial charge on any atom is -0.355 e. The molecule has 2 aromatic heterocycles. The van der Waals surface area contributed by atoms with E-state index in [1.807, 2.05) is 0 Å². The lowest BCUT2D eigenvalue weighted by molar-refractivity contribution is 0.619. The maximum absolute atomic E-state index is 4.82. The van der Waals surface area contributed by atoms with Crippen molar-refractivity contribution in [2.45, 2.75) is 39.4 Å². The molecule has 0 saturated heterocycles. The van der Waals surface area contributed by atoms with Crippen molar-refractivity contribution in [3.05, 3.63) is 82.6 Å². The summed E-state index contributed by atoms with van der Waals surface area (Å²) in [6.45, 7) is 6.45. The summed E-state index contributed by atoms with van der Waals surface area (Å²) in [6, 6.07) is 19.4. The van der Waals surface area contributed by atoms with Gasteiger partial charge in [0.25, 0.3) is 0 Å². The molecule has 6 nitrogen and oxygen atoms in total. The fourth-order valence-corrected chi connectivity index (χ4v) is 4.14. The van der Waals surface area contributed by atoms with Crippen molar-refractivity contribution in [1.82, 2.24) is 25.4 Å². The third-order valence-electron chi connectivity index (χ3n) is 5.26. The Morgan fingerprint density at radius 2 is 2.00 bits per heavy atom. The van der Waals surface area contributed by atoms with Crippen LogP contribution in [0.3, 0.4) is 0 Å². The number of hydrogen-bond donors (Lipinski definition) is 2. The molecule has 0 aliphatic heterocycles. The Balaban J connectivity index is 1.45. The molecule has 2 heterocycles. The molecule has 1 unspecified atom stereocenters. The third-order valence-corrected chi connectivity index (χ3v) is 6.12. The van der Waals surface area contributed by atoms with Crippen molar-refractivity contribution in [2.24, 2.45) is 4.99 Å². The smallest absolute Gasteiger partial charge is 0.192 e. The molecular weight excluding hydrogens is 404 g/mol. The highest BCUT2D eigenvalue weighted by atomic mass is 32.1. The molecule has 0 aliphatic rings. The lowest BCUT2D eigenvalue weighted by Gasteiger charge is -2.19. The summed E-state index contributed by atoms with van der Waals surface area (Å²) < 4.78 is 2.08. The summed E-state index contributed by atoms with van der Waals surface area (Å²) in [5.41, 5.74) is 1.23. The van der Waals surface area contributed by atoms with Gasteiger partial charge in [-0.15, -0.1) is 21.5 Å². The molecule has 0 aliphatic carbocycles. The molecule has 7 heteroatoms. The minimum atomic E-state index is 0.125. The van der Waals surface area contributed by atoms with Crippen LogP contribution in [0, 0.1) is 0 Å². The number of fused-ring (bicyclic) bond motifs is 1. The van der Waals surface area contributed by atoms with E-state index in [-0.39, 0.29) is 6.04 Å². The van der Waals surface area contributed by atoms with E-state index in [1.54, 1.807) is 17.7 Å². The van der Waals surface area contributed by atoms with Crippen LogP contribution in [0.25, 0.3) is 10.8 Å². The van der Waals surface area contributed by atoms with Gasteiger partial charge in [-0.25, -0.2) is 4.99 Å². The van der Waals surface area contributed by atoms with E-state index in [9.17, 15) is 0 Å². The maximum atomic E-state index is 4.82. The molecule has 0 fully saturated rings. The van der Waals surface area contributed by atoms with E-state index in [2.05, 4.69) is 99.2 Å². The first-order valence-electron chi connectivity index (χ1n) is 10.7. The van der Waals surface area contributed by atoms with E-state index >= 15 is 0 Å². The van der Waals surface area contributed by atoms with Crippen molar-refractivity contribution in [2.75, 3.05) is 6.54 Å². The van der Waals surface area contributed by atoms with Crippen LogP contribution >= 0.6 is 11.3 Å². The molecule has 0 spiro atoms. The lowest BCUT2D eigenvalue weighted by atomic mass is 10.0. The van der Waals surface area contributed by atoms with E-state index in [0.717, 1.165) is 31.3 Å². The molecule has 2 N–H and O–H groups in total. The Morgan fingerprint density at radius 1 is 1.13 bits per heavy atom. The van der Waals surface area contributed by atoms with Gasteiger partial charge in [0.2, 0.25) is 0 Å². The molecule has 160 valence electrons. The Kier molecular flexibility index (Phi) is 6.94. The zero-order chi connectivity index (χ0) is 21.5. The molecule has 2 aromatic carbocycles. The standard InChI is InChI=1S/C24H28N6S/c1-3-23-29-27-17-30(23)13-12-25-24(26-16-22-9-6-14-31-22)28-18(2)20-11-10-19-7-4-5-8-21(19)15-20/h4-11,14-15,17-18H,3,12-13,16H2,1-2H3,(H2,25,26,28). The molecule has 4 aromatic rings. The average Bonchev–Trinajstić information content (AvgIpc) is 3.48. The van der Waals surface area contributed by atoms with Gasteiger partial charge in [-0.2, -0.15) is 0 Å². The zero-order valence-electron chi connectivity index (χ0n) is 18.0. The number of aliphatic imine (C=N–C) groups is 1. The average molecular weight is 433 g/mol. The van der Waals surface area contributed by atoms with Crippen LogP contribution in [-0.2, 0) is 19.5 Å². The Bertz CT molecular complexity index is 1130. The quantitative estimate of drug-likeness (QED) is 0.317. The molecule has 0 amide bonds. The van der Waals surface area contributed by atoms with Crippen molar-refractivity contribution in [1.29, 1.82) is 0 Å². The van der Waals surface area contributed by atoms with Gasteiger partial charge in [0.15, 0.2) is 5.96 Å². The highest BCUT2D eigenvalue weighted by molar-refractivity contribution is 7.09. The van der Waals surface area contributed by atoms with Crippen LogP contribution in [0.2, 0.25) is 0 Å². The maximum Gasteiger partial charge on any atom is 0.192 e. The van der Waals surface area contributed by atoms with Gasteiger partial charge in [0.05, 0.1) is 12.6 Å². The van der Waals surface area contributed by atoms with Crippen LogP contribution in [0.5, 0.6) is 0 Å². The molecular formula is C24H28N6S. The van der Waals surface area contributed by atoms with Gasteiger partial charge in [-0.05, 0) is 40.8 Å². The highest BCUT2D eigenvalue weighted by Gasteiger charge is 2.10. The number of benzene rings is 2. The molecule has 0 saturated carbocycles. The Morgan fingerprint density at radius 3 is 2.81 bits per heavy atom. The van der Waals surface area contributed by atoms with E-state index < -0.39 is 0 Å². The van der Waals surface area contributed by atoms with E-state index in [4.69, 9.17) is 4.99 Å². The normalized spacial score (nSPS) is 12.8. The minimum absolute atomic E-state index is 0.125. The van der Waals surface area contributed by atoms with E-state index in [1.165, 1.54) is 21.2 Å². The second-order valence-electron chi connectivity index (χ2n) is 7.44. The molecule has 4 rings (SSSR count). The first kappa shape index (κ1) is 21.1. The van der Waals surface area contributed by atoms with Crippen LogP contribution in [0.4, 0.5) is 0 Å². The monoisotopic (exact) mass is 432 g/mol. The van der Waals surface area contributed by atoms with Gasteiger partial charge in [0.1, 0.15) is 12.2 Å². The number of aryl methyl sites for hydroxylation is 1. The first-order valence-corrected chi connectivity index (χ1v) is 11.5. The van der Waals surface area contributed by atoms with Crippen molar-refractivity contribution in [3.8, 4) is 0 Å². The number of aromatic nitrogens is 3. The predicted octanol–water partition coefficient (Wildman–Crippen LogP) is 4.55. The summed E-state index contributed by atoms with van der Waals surface area (Å²) in [6.07, 6.45) is 2.66. The number of guanidine groups is 1. The zero-order valence-corrected chi connectivity index (χ0v) is 18.8. The third kappa shape index (κ3) is 5.49. The Hall–Kier alpha value is -3.19. The molecule has 1 atom stereocenters. The summed E-state index contributed by atoms with van der Waals surface area (Å²) in [4.78, 5) is 6.06. The summed E-state index contributed by atoms with van der Waals surface area (Å²) in [5.74, 6) is 1.80. The fraction of sp³-hybridized carbons (Fsp3) is 0.292. The molecule has 0 bridgehead atoms. The second kappa shape index (κ2) is 10.2. The highest BCUT2D eigenvalue weighted by Crippen LogP contribution is 2.20. The number of hydrogen-bond acceptors (Lipinski definition) is 4. The summed E-state index contributed by atoms with van der Waals surface area (Å²) in [7, 11) is 0. The van der Waals surface area contributed by atoms with Crippen LogP contribution in [0.1, 0.15) is 36.2 Å². The Labute approximate surface area is 187 Å². The number of rotatable bonds is 8. The van der Waals surface area contributed by atoms with Crippen molar-refractivity contribution >= 4 is 28.1 Å². The fourth-order valence-electron chi connectivity index (χ4n) is 3.51. The van der Waals surface area contributed by atoms with Crippen LogP contribution in [0.15, 0.2) is 71.3 Å². The summed E-state index contributed by atoms with van der Waals surface area (Å²) >= 11 is 1.73. The SMILES string of the molecule is CCc1nncn1CCNC(=NCc1cccs1)NC(C)c1ccc2ccccc2c1. The topological polar surface area (TPSA) is 67.1 Å². The predicted molar refractivity (Wildman–Crippen MR) is 128 cm³/mol.